The number of methoxy groups -OCH3 is 1. The summed E-state index contributed by atoms with van der Waals surface area (Å²) in [7, 11) is 1.57. The first-order chi connectivity index (χ1) is 11.6. The monoisotopic (exact) mass is 332 g/mol. The number of ether oxygens (including phenoxy) is 1. The molecule has 4 N–H and O–H groups in total. The Morgan fingerprint density at radius 3 is 2.75 bits per heavy atom. The summed E-state index contributed by atoms with van der Waals surface area (Å²) in [6.07, 6.45) is 0.338. The number of carbonyl (C=O) groups is 3. The number of hydrogen-bond donors (Lipinski definition) is 4. The lowest BCUT2D eigenvalue weighted by atomic mass is 10.2. The molecule has 10 nitrogen and oxygen atoms in total. The molecule has 2 aliphatic rings. The van der Waals surface area contributed by atoms with Crippen LogP contribution in [0.4, 0.5) is 9.59 Å². The molecule has 3 rings (SSSR count). The first kappa shape index (κ1) is 15.6. The minimum absolute atomic E-state index is 0.227. The molecule has 24 heavy (non-hydrogen) atoms. The number of hydrazone groups is 1. The van der Waals surface area contributed by atoms with E-state index in [0.29, 0.717) is 0 Å². The van der Waals surface area contributed by atoms with Gasteiger partial charge in [-0.05, 0) is 29.8 Å². The third-order valence-corrected chi connectivity index (χ3v) is 3.59. The third kappa shape index (κ3) is 3.21. The summed E-state index contributed by atoms with van der Waals surface area (Å²) >= 11 is 0. The van der Waals surface area contributed by atoms with Gasteiger partial charge in [0.15, 0.2) is 0 Å². The maximum atomic E-state index is 11.9. The van der Waals surface area contributed by atoms with Crippen molar-refractivity contribution >= 4 is 24.2 Å². The molecule has 0 aliphatic carbocycles. The van der Waals surface area contributed by atoms with Crippen LogP contribution < -0.4 is 26.1 Å². The second kappa shape index (κ2) is 6.44. The highest BCUT2D eigenvalue weighted by molar-refractivity contribution is 5.89. The molecule has 2 saturated heterocycles. The second-order valence-corrected chi connectivity index (χ2v) is 5.18. The lowest BCUT2D eigenvalue weighted by Gasteiger charge is -2.19. The molecule has 1 aromatic rings. The van der Waals surface area contributed by atoms with E-state index in [-0.39, 0.29) is 6.54 Å². The number of hydrogen-bond acceptors (Lipinski definition) is 5. The molecular weight excluding hydrogens is 316 g/mol. The van der Waals surface area contributed by atoms with Crippen molar-refractivity contribution in [1.82, 2.24) is 26.3 Å². The summed E-state index contributed by atoms with van der Waals surface area (Å²) in [6.45, 7) is -0.227. The van der Waals surface area contributed by atoms with Gasteiger partial charge in [-0.3, -0.25) is 9.69 Å². The Bertz CT molecular complexity index is 689. The zero-order valence-corrected chi connectivity index (χ0v) is 12.8. The van der Waals surface area contributed by atoms with Crippen LogP contribution in [0.15, 0.2) is 29.4 Å². The number of urea groups is 2. The SMILES string of the molecule is COc1ccc(/C=N/NC(=O)CN2C(=O)NC3NC(=O)NC32)cc1. The van der Waals surface area contributed by atoms with Crippen molar-refractivity contribution in [2.45, 2.75) is 12.3 Å². The maximum absolute atomic E-state index is 11.9. The van der Waals surface area contributed by atoms with Crippen molar-refractivity contribution in [2.24, 2.45) is 5.10 Å². The first-order valence-corrected chi connectivity index (χ1v) is 7.17. The van der Waals surface area contributed by atoms with Gasteiger partial charge in [0.25, 0.3) is 5.91 Å². The molecule has 0 spiro atoms. The molecule has 5 amide bonds. The van der Waals surface area contributed by atoms with Gasteiger partial charge >= 0.3 is 12.1 Å². The fourth-order valence-corrected chi connectivity index (χ4v) is 2.42. The summed E-state index contributed by atoms with van der Waals surface area (Å²) in [5.41, 5.74) is 3.12. The van der Waals surface area contributed by atoms with Crippen LogP contribution in [0, 0.1) is 0 Å². The molecule has 2 heterocycles. The predicted molar refractivity (Wildman–Crippen MR) is 83.2 cm³/mol. The van der Waals surface area contributed by atoms with E-state index in [1.807, 2.05) is 0 Å². The highest BCUT2D eigenvalue weighted by Gasteiger charge is 2.45. The van der Waals surface area contributed by atoms with Gasteiger partial charge in [-0.25, -0.2) is 15.0 Å². The van der Waals surface area contributed by atoms with E-state index >= 15 is 0 Å². The zero-order valence-electron chi connectivity index (χ0n) is 12.8. The lowest BCUT2D eigenvalue weighted by Crippen LogP contribution is -2.47. The van der Waals surface area contributed by atoms with Crippen molar-refractivity contribution in [3.05, 3.63) is 29.8 Å². The molecule has 10 heteroatoms. The normalized spacial score (nSPS) is 22.0. The fourth-order valence-electron chi connectivity index (χ4n) is 2.42. The van der Waals surface area contributed by atoms with Crippen LogP contribution in [0.3, 0.4) is 0 Å². The highest BCUT2D eigenvalue weighted by atomic mass is 16.5. The first-order valence-electron chi connectivity index (χ1n) is 7.17. The van der Waals surface area contributed by atoms with Gasteiger partial charge < -0.3 is 20.7 Å². The van der Waals surface area contributed by atoms with E-state index in [9.17, 15) is 14.4 Å². The second-order valence-electron chi connectivity index (χ2n) is 5.18. The van der Waals surface area contributed by atoms with Crippen molar-refractivity contribution in [2.75, 3.05) is 13.7 Å². The Labute approximate surface area is 137 Å². The number of rotatable bonds is 5. The molecule has 2 aliphatic heterocycles. The van der Waals surface area contributed by atoms with Crippen LogP contribution in [0.2, 0.25) is 0 Å². The van der Waals surface area contributed by atoms with Crippen LogP contribution in [0.1, 0.15) is 5.56 Å². The van der Waals surface area contributed by atoms with Gasteiger partial charge in [0.1, 0.15) is 24.6 Å². The average Bonchev–Trinajstić information content (AvgIpc) is 3.05. The predicted octanol–water partition coefficient (Wildman–Crippen LogP) is -0.864. The van der Waals surface area contributed by atoms with Crippen LogP contribution in [0.5, 0.6) is 5.75 Å². The minimum Gasteiger partial charge on any atom is -0.497 e. The number of fused-ring (bicyclic) bond motifs is 1. The van der Waals surface area contributed by atoms with Crippen LogP contribution in [-0.4, -0.2) is 55.1 Å². The molecule has 0 aromatic heterocycles. The molecule has 2 unspecified atom stereocenters. The van der Waals surface area contributed by atoms with Gasteiger partial charge in [-0.1, -0.05) is 0 Å². The van der Waals surface area contributed by atoms with Gasteiger partial charge in [0.05, 0.1) is 13.3 Å². The molecule has 126 valence electrons. The smallest absolute Gasteiger partial charge is 0.321 e. The van der Waals surface area contributed by atoms with Crippen LogP contribution in [-0.2, 0) is 4.79 Å². The van der Waals surface area contributed by atoms with E-state index in [2.05, 4.69) is 26.5 Å². The summed E-state index contributed by atoms with van der Waals surface area (Å²) < 4.78 is 5.05. The van der Waals surface area contributed by atoms with E-state index in [4.69, 9.17) is 4.74 Å². The topological polar surface area (TPSA) is 124 Å². The van der Waals surface area contributed by atoms with Crippen molar-refractivity contribution < 1.29 is 19.1 Å². The number of nitrogens with one attached hydrogen (secondary N) is 4. The molecule has 2 atom stereocenters. The lowest BCUT2D eigenvalue weighted by molar-refractivity contribution is -0.121. The van der Waals surface area contributed by atoms with Crippen molar-refractivity contribution in [3.63, 3.8) is 0 Å². The van der Waals surface area contributed by atoms with Crippen molar-refractivity contribution in [3.8, 4) is 5.75 Å². The molecule has 0 radical (unpaired) electrons. The quantitative estimate of drug-likeness (QED) is 0.413. The van der Waals surface area contributed by atoms with Crippen LogP contribution >= 0.6 is 0 Å². The molecule has 0 bridgehead atoms. The molecule has 0 saturated carbocycles. The summed E-state index contributed by atoms with van der Waals surface area (Å²) in [5.74, 6) is 0.245. The summed E-state index contributed by atoms with van der Waals surface area (Å²) in [6, 6.07) is 6.28. The Morgan fingerprint density at radius 2 is 2.04 bits per heavy atom. The summed E-state index contributed by atoms with van der Waals surface area (Å²) in [4.78, 5) is 36.1. The number of carbonyl (C=O) groups excluding carboxylic acids is 3. The van der Waals surface area contributed by atoms with E-state index < -0.39 is 30.3 Å². The average molecular weight is 332 g/mol. The number of amides is 5. The largest absolute Gasteiger partial charge is 0.497 e. The minimum atomic E-state index is -0.596. The van der Waals surface area contributed by atoms with Crippen LogP contribution in [0.25, 0.3) is 0 Å². The third-order valence-electron chi connectivity index (χ3n) is 3.59. The van der Waals surface area contributed by atoms with Gasteiger partial charge in [-0.2, -0.15) is 5.10 Å². The number of nitrogens with zero attached hydrogens (tertiary/aromatic N) is 2. The number of benzene rings is 1. The fraction of sp³-hybridized carbons (Fsp3) is 0.286. The molecule has 2 fully saturated rings. The molecular formula is C14H16N6O4. The Balaban J connectivity index is 1.52. The Kier molecular flexibility index (Phi) is 4.18. The summed E-state index contributed by atoms with van der Waals surface area (Å²) in [5, 5.41) is 11.5. The standard InChI is InChI=1S/C14H16N6O4/c1-24-9-4-2-8(3-5-9)6-15-19-10(21)7-20-12-11(17-14(20)23)16-13(22)18-12/h2-6,11-12H,7H2,1H3,(H,17,23)(H,19,21)(H2,16,18,22)/b15-6+. The van der Waals surface area contributed by atoms with E-state index in [0.717, 1.165) is 11.3 Å². The maximum Gasteiger partial charge on any atom is 0.321 e. The van der Waals surface area contributed by atoms with Gasteiger partial charge in [-0.15, -0.1) is 0 Å². The van der Waals surface area contributed by atoms with Gasteiger partial charge in [0, 0.05) is 0 Å². The van der Waals surface area contributed by atoms with E-state index in [1.165, 1.54) is 11.1 Å². The molecule has 1 aromatic carbocycles. The Hall–Kier alpha value is -3.30. The van der Waals surface area contributed by atoms with Gasteiger partial charge in [0.2, 0.25) is 0 Å². The zero-order chi connectivity index (χ0) is 17.1. The Morgan fingerprint density at radius 1 is 1.29 bits per heavy atom. The van der Waals surface area contributed by atoms with Crippen molar-refractivity contribution in [1.29, 1.82) is 0 Å². The highest BCUT2D eigenvalue weighted by Crippen LogP contribution is 2.13. The van der Waals surface area contributed by atoms with E-state index in [1.54, 1.807) is 31.4 Å².